The van der Waals surface area contributed by atoms with Gasteiger partial charge in [-0.25, -0.2) is 0 Å². The minimum absolute atomic E-state index is 0.0723. The van der Waals surface area contributed by atoms with E-state index >= 15 is 0 Å². The van der Waals surface area contributed by atoms with Gasteiger partial charge in [-0.3, -0.25) is 4.68 Å². The van der Waals surface area contributed by atoms with E-state index in [1.54, 1.807) is 24.6 Å². The Kier molecular flexibility index (Phi) is 5.39. The molecule has 4 nitrogen and oxygen atoms in total. The molecule has 0 aliphatic carbocycles. The first-order valence-electron chi connectivity index (χ1n) is 6.23. The molecule has 2 rings (SSSR count). The van der Waals surface area contributed by atoms with Crippen LogP contribution in [0.5, 0.6) is 0 Å². The summed E-state index contributed by atoms with van der Waals surface area (Å²) in [6.45, 7) is 4.27. The minimum atomic E-state index is 0.0723. The van der Waals surface area contributed by atoms with Crippen molar-refractivity contribution >= 4 is 22.9 Å². The monoisotopic (exact) mass is 299 g/mol. The van der Waals surface area contributed by atoms with Gasteiger partial charge in [-0.2, -0.15) is 16.4 Å². The summed E-state index contributed by atoms with van der Waals surface area (Å²) in [4.78, 5) is 0. The van der Waals surface area contributed by atoms with E-state index in [1.165, 1.54) is 5.56 Å². The zero-order chi connectivity index (χ0) is 13.7. The Labute approximate surface area is 122 Å². The van der Waals surface area contributed by atoms with Crippen molar-refractivity contribution in [1.82, 2.24) is 15.1 Å². The maximum atomic E-state index is 6.31. The summed E-state index contributed by atoms with van der Waals surface area (Å²) >= 11 is 7.99. The number of aromatic nitrogens is 2. The molecule has 0 radical (unpaired) electrons. The fraction of sp³-hybridized carbons (Fsp3) is 0.462. The van der Waals surface area contributed by atoms with Gasteiger partial charge < -0.3 is 10.1 Å². The third kappa shape index (κ3) is 3.36. The highest BCUT2D eigenvalue weighted by Crippen LogP contribution is 2.29. The number of rotatable bonds is 7. The van der Waals surface area contributed by atoms with Crippen LogP contribution in [0.25, 0.3) is 0 Å². The first-order chi connectivity index (χ1) is 9.27. The van der Waals surface area contributed by atoms with E-state index in [2.05, 4.69) is 34.2 Å². The molecule has 1 N–H and O–H groups in total. The summed E-state index contributed by atoms with van der Waals surface area (Å²) in [5.74, 6) is 0. The van der Waals surface area contributed by atoms with E-state index in [0.29, 0.717) is 18.2 Å². The summed E-state index contributed by atoms with van der Waals surface area (Å²) in [5, 5.41) is 12.7. The smallest absolute Gasteiger partial charge is 0.0837 e. The van der Waals surface area contributed by atoms with Gasteiger partial charge in [0, 0.05) is 7.11 Å². The number of hydrogen-bond acceptors (Lipinski definition) is 4. The lowest BCUT2D eigenvalue weighted by Gasteiger charge is -2.19. The molecule has 0 saturated carbocycles. The van der Waals surface area contributed by atoms with Gasteiger partial charge in [0.2, 0.25) is 0 Å². The van der Waals surface area contributed by atoms with Crippen LogP contribution in [0.15, 0.2) is 23.0 Å². The van der Waals surface area contributed by atoms with Gasteiger partial charge in [-0.05, 0) is 28.9 Å². The van der Waals surface area contributed by atoms with Crippen molar-refractivity contribution in [2.45, 2.75) is 19.5 Å². The molecule has 0 amide bonds. The van der Waals surface area contributed by atoms with Crippen LogP contribution in [0.1, 0.15) is 24.2 Å². The summed E-state index contributed by atoms with van der Waals surface area (Å²) in [6, 6.07) is 2.19. The largest absolute Gasteiger partial charge is 0.383 e. The fourth-order valence-electron chi connectivity index (χ4n) is 2.03. The lowest BCUT2D eigenvalue weighted by atomic mass is 10.1. The second-order valence-electron chi connectivity index (χ2n) is 4.14. The molecule has 104 valence electrons. The Morgan fingerprint density at radius 2 is 2.42 bits per heavy atom. The Morgan fingerprint density at radius 1 is 1.58 bits per heavy atom. The quantitative estimate of drug-likeness (QED) is 0.854. The van der Waals surface area contributed by atoms with Gasteiger partial charge in [0.1, 0.15) is 0 Å². The molecule has 2 heterocycles. The van der Waals surface area contributed by atoms with Crippen molar-refractivity contribution < 1.29 is 4.74 Å². The van der Waals surface area contributed by atoms with Crippen LogP contribution < -0.4 is 5.32 Å². The molecule has 0 aromatic carbocycles. The molecule has 6 heteroatoms. The third-order valence-electron chi connectivity index (χ3n) is 2.90. The number of nitrogens with one attached hydrogen (secondary N) is 1. The molecular formula is C13H18ClN3OS. The van der Waals surface area contributed by atoms with E-state index < -0.39 is 0 Å². The van der Waals surface area contributed by atoms with E-state index in [0.717, 1.165) is 12.2 Å². The van der Waals surface area contributed by atoms with Crippen LogP contribution in [0.3, 0.4) is 0 Å². The van der Waals surface area contributed by atoms with Crippen molar-refractivity contribution in [3.05, 3.63) is 39.3 Å². The van der Waals surface area contributed by atoms with E-state index in [1.807, 2.05) is 4.68 Å². The highest BCUT2D eigenvalue weighted by atomic mass is 35.5. The third-order valence-corrected chi connectivity index (χ3v) is 3.89. The number of halogens is 1. The van der Waals surface area contributed by atoms with Crippen LogP contribution in [0, 0.1) is 0 Å². The topological polar surface area (TPSA) is 39.1 Å². The first-order valence-corrected chi connectivity index (χ1v) is 7.55. The number of hydrogen-bond donors (Lipinski definition) is 1. The lowest BCUT2D eigenvalue weighted by Crippen LogP contribution is -2.25. The zero-order valence-corrected chi connectivity index (χ0v) is 12.7. The standard InChI is InChI=1S/C13H18ClN3OS/c1-3-15-12(10-4-7-19-9-10)13-11(14)8-16-17(13)5-6-18-2/h4,7-9,12,15H,3,5-6H2,1-2H3. The highest BCUT2D eigenvalue weighted by Gasteiger charge is 2.21. The van der Waals surface area contributed by atoms with Crippen LogP contribution in [-0.4, -0.2) is 30.0 Å². The fourth-order valence-corrected chi connectivity index (χ4v) is 2.97. The Balaban J connectivity index is 2.33. The molecule has 0 saturated heterocycles. The van der Waals surface area contributed by atoms with Gasteiger partial charge in [-0.15, -0.1) is 0 Å². The zero-order valence-electron chi connectivity index (χ0n) is 11.1. The average molecular weight is 300 g/mol. The second kappa shape index (κ2) is 7.05. The van der Waals surface area contributed by atoms with Gasteiger partial charge in [0.05, 0.1) is 36.1 Å². The van der Waals surface area contributed by atoms with Gasteiger partial charge >= 0.3 is 0 Å². The van der Waals surface area contributed by atoms with E-state index in [-0.39, 0.29) is 6.04 Å². The summed E-state index contributed by atoms with van der Waals surface area (Å²) in [7, 11) is 1.69. The van der Waals surface area contributed by atoms with Crippen molar-refractivity contribution in [2.24, 2.45) is 0 Å². The lowest BCUT2D eigenvalue weighted by molar-refractivity contribution is 0.182. The van der Waals surface area contributed by atoms with Crippen LogP contribution >= 0.6 is 22.9 Å². The molecule has 0 bridgehead atoms. The predicted molar refractivity (Wildman–Crippen MR) is 79.0 cm³/mol. The molecular weight excluding hydrogens is 282 g/mol. The molecule has 19 heavy (non-hydrogen) atoms. The number of ether oxygens (including phenoxy) is 1. The number of thiophene rings is 1. The summed E-state index contributed by atoms with van der Waals surface area (Å²) < 4.78 is 7.03. The van der Waals surface area contributed by atoms with Crippen LogP contribution in [-0.2, 0) is 11.3 Å². The molecule has 0 fully saturated rings. The molecule has 1 unspecified atom stereocenters. The van der Waals surface area contributed by atoms with Crippen LogP contribution in [0.4, 0.5) is 0 Å². The van der Waals surface area contributed by atoms with E-state index in [4.69, 9.17) is 16.3 Å². The summed E-state index contributed by atoms with van der Waals surface area (Å²) in [5.41, 5.74) is 2.21. The molecule has 2 aromatic heterocycles. The minimum Gasteiger partial charge on any atom is -0.383 e. The second-order valence-corrected chi connectivity index (χ2v) is 5.33. The van der Waals surface area contributed by atoms with Gasteiger partial charge in [0.15, 0.2) is 0 Å². The number of nitrogens with zero attached hydrogens (tertiary/aromatic N) is 2. The normalized spacial score (nSPS) is 12.8. The first kappa shape index (κ1) is 14.5. The highest BCUT2D eigenvalue weighted by molar-refractivity contribution is 7.08. The molecule has 0 aliphatic rings. The molecule has 2 aromatic rings. The van der Waals surface area contributed by atoms with Crippen molar-refractivity contribution in [1.29, 1.82) is 0 Å². The van der Waals surface area contributed by atoms with Crippen molar-refractivity contribution in [3.63, 3.8) is 0 Å². The summed E-state index contributed by atoms with van der Waals surface area (Å²) in [6.07, 6.45) is 1.70. The Bertz CT molecular complexity index is 498. The molecule has 0 aliphatic heterocycles. The van der Waals surface area contributed by atoms with Crippen LogP contribution in [0.2, 0.25) is 5.02 Å². The average Bonchev–Trinajstić information content (AvgIpc) is 3.04. The maximum Gasteiger partial charge on any atom is 0.0837 e. The Hall–Kier alpha value is -0.880. The SMILES string of the molecule is CCNC(c1ccsc1)c1c(Cl)cnn1CCOC. The number of methoxy groups -OCH3 is 1. The molecule has 1 atom stereocenters. The predicted octanol–water partition coefficient (Wildman–Crippen LogP) is 2.94. The van der Waals surface area contributed by atoms with Crippen molar-refractivity contribution in [3.8, 4) is 0 Å². The van der Waals surface area contributed by atoms with Gasteiger partial charge in [-0.1, -0.05) is 18.5 Å². The Morgan fingerprint density at radius 3 is 3.05 bits per heavy atom. The van der Waals surface area contributed by atoms with Crippen molar-refractivity contribution in [2.75, 3.05) is 20.3 Å². The van der Waals surface area contributed by atoms with E-state index in [9.17, 15) is 0 Å². The maximum absolute atomic E-state index is 6.31. The van der Waals surface area contributed by atoms with Gasteiger partial charge in [0.25, 0.3) is 0 Å². The molecule has 0 spiro atoms.